The fourth-order valence-electron chi connectivity index (χ4n) is 1.43. The number of nitrogens with one attached hydrogen (secondary N) is 1. The molecule has 0 spiro atoms. The third kappa shape index (κ3) is 5.47. The molecule has 0 bridgehead atoms. The highest BCUT2D eigenvalue weighted by Crippen LogP contribution is 2.06. The van der Waals surface area contributed by atoms with Crippen LogP contribution in [-0.2, 0) is 19.1 Å². The lowest BCUT2D eigenvalue weighted by Crippen LogP contribution is -2.38. The van der Waals surface area contributed by atoms with Gasteiger partial charge in [0.15, 0.2) is 0 Å². The van der Waals surface area contributed by atoms with Crippen LogP contribution in [-0.4, -0.2) is 60.4 Å². The zero-order valence-corrected chi connectivity index (χ0v) is 10.7. The van der Waals surface area contributed by atoms with Crippen LogP contribution in [0.25, 0.3) is 0 Å². The average Bonchev–Trinajstić information content (AvgIpc) is 2.36. The first-order valence-corrected chi connectivity index (χ1v) is 5.92. The Balaban J connectivity index is 2.19. The van der Waals surface area contributed by atoms with Gasteiger partial charge in [-0.15, -0.1) is 0 Å². The Morgan fingerprint density at radius 1 is 1.42 bits per heavy atom. The highest BCUT2D eigenvalue weighted by molar-refractivity contribution is 6.39. The van der Waals surface area contributed by atoms with Gasteiger partial charge in [0, 0.05) is 26.4 Å². The number of carbonyl (C=O) groups excluding carboxylic acids is 2. The second kappa shape index (κ2) is 7.47. The molecule has 0 saturated carbocycles. The molecule has 0 fully saturated rings. The summed E-state index contributed by atoms with van der Waals surface area (Å²) < 4.78 is 5.02. The minimum absolute atomic E-state index is 0.0619. The summed E-state index contributed by atoms with van der Waals surface area (Å²) in [4.78, 5) is 33.0. The predicted octanol–water partition coefficient (Wildman–Crippen LogP) is -0.798. The van der Waals surface area contributed by atoms with Gasteiger partial charge in [0.25, 0.3) is 5.91 Å². The molecule has 2 amide bonds. The molecule has 0 aromatic carbocycles. The first kappa shape index (κ1) is 15.1. The van der Waals surface area contributed by atoms with Crippen molar-refractivity contribution in [3.8, 4) is 0 Å². The summed E-state index contributed by atoms with van der Waals surface area (Å²) in [6.45, 7) is 0.625. The first-order valence-electron chi connectivity index (χ1n) is 5.92. The second-order valence-corrected chi connectivity index (χ2v) is 3.98. The third-order valence-electron chi connectivity index (χ3n) is 2.46. The Labute approximate surface area is 110 Å². The predicted molar refractivity (Wildman–Crippen MR) is 65.5 cm³/mol. The van der Waals surface area contributed by atoms with Crippen LogP contribution in [0.2, 0.25) is 0 Å². The van der Waals surface area contributed by atoms with Crippen LogP contribution >= 0.6 is 0 Å². The zero-order chi connectivity index (χ0) is 14.3. The topological polar surface area (TPSA) is 108 Å². The number of carbonyl (C=O) groups is 3. The summed E-state index contributed by atoms with van der Waals surface area (Å²) in [5, 5.41) is 16.0. The molecule has 8 nitrogen and oxygen atoms in total. The van der Waals surface area contributed by atoms with E-state index >= 15 is 0 Å². The monoisotopic (exact) mass is 271 g/mol. The van der Waals surface area contributed by atoms with E-state index < -0.39 is 5.97 Å². The van der Waals surface area contributed by atoms with Gasteiger partial charge < -0.3 is 15.2 Å². The van der Waals surface area contributed by atoms with E-state index in [1.807, 2.05) is 0 Å². The number of amides is 2. The molecule has 1 aliphatic rings. The normalized spacial score (nSPS) is 15.1. The van der Waals surface area contributed by atoms with Crippen molar-refractivity contribution >= 4 is 23.5 Å². The maximum absolute atomic E-state index is 11.7. The van der Waals surface area contributed by atoms with Crippen LogP contribution in [0, 0.1) is 0 Å². The number of nitrogens with zero attached hydrogens (tertiary/aromatic N) is 2. The molecule has 8 heteroatoms. The van der Waals surface area contributed by atoms with E-state index in [4.69, 9.17) is 9.84 Å². The standard InChI is InChI=1S/C11H17N3O5/c1-14-9(15)3-2-8(13-14)11(18)12-5-7-19-6-4-10(16)17/h2-7H2,1H3,(H,12,18)(H,16,17). The van der Waals surface area contributed by atoms with Crippen molar-refractivity contribution in [2.75, 3.05) is 26.8 Å². The number of hydrogen-bond donors (Lipinski definition) is 2. The molecule has 1 rings (SSSR count). The summed E-state index contributed by atoms with van der Waals surface area (Å²) in [6, 6.07) is 0. The van der Waals surface area contributed by atoms with Gasteiger partial charge in [0.2, 0.25) is 5.91 Å². The van der Waals surface area contributed by atoms with Crippen LogP contribution in [0.15, 0.2) is 5.10 Å². The van der Waals surface area contributed by atoms with Crippen molar-refractivity contribution < 1.29 is 24.2 Å². The van der Waals surface area contributed by atoms with E-state index in [1.54, 1.807) is 0 Å². The number of carboxylic acid groups (broad SMARTS) is 1. The van der Waals surface area contributed by atoms with E-state index in [-0.39, 0.29) is 44.4 Å². The summed E-state index contributed by atoms with van der Waals surface area (Å²) in [5.41, 5.74) is 0.313. The lowest BCUT2D eigenvalue weighted by atomic mass is 10.1. The molecule has 1 heterocycles. The minimum Gasteiger partial charge on any atom is -0.481 e. The first-order chi connectivity index (χ1) is 9.00. The van der Waals surface area contributed by atoms with E-state index in [0.29, 0.717) is 12.1 Å². The van der Waals surface area contributed by atoms with Crippen molar-refractivity contribution in [3.63, 3.8) is 0 Å². The number of hydrazone groups is 1. The van der Waals surface area contributed by atoms with E-state index in [2.05, 4.69) is 10.4 Å². The van der Waals surface area contributed by atoms with Gasteiger partial charge in [0.05, 0.1) is 19.6 Å². The van der Waals surface area contributed by atoms with Gasteiger partial charge in [-0.2, -0.15) is 5.10 Å². The van der Waals surface area contributed by atoms with Gasteiger partial charge in [-0.25, -0.2) is 5.01 Å². The Kier molecular flexibility index (Phi) is 5.94. The van der Waals surface area contributed by atoms with Crippen molar-refractivity contribution in [1.29, 1.82) is 0 Å². The molecule has 0 aromatic heterocycles. The quantitative estimate of drug-likeness (QED) is 0.589. The van der Waals surface area contributed by atoms with Gasteiger partial charge in [-0.05, 0) is 0 Å². The fraction of sp³-hybridized carbons (Fsp3) is 0.636. The molecular weight excluding hydrogens is 254 g/mol. The lowest BCUT2D eigenvalue weighted by Gasteiger charge is -2.18. The molecule has 0 atom stereocenters. The summed E-state index contributed by atoms with van der Waals surface area (Å²) in [5.74, 6) is -1.37. The number of carboxylic acids is 1. The molecule has 1 aliphatic heterocycles. The van der Waals surface area contributed by atoms with Crippen LogP contribution in [0.3, 0.4) is 0 Å². The molecule has 0 unspecified atom stereocenters. The molecule has 106 valence electrons. The summed E-state index contributed by atoms with van der Waals surface area (Å²) >= 11 is 0. The highest BCUT2D eigenvalue weighted by atomic mass is 16.5. The maximum Gasteiger partial charge on any atom is 0.305 e. The lowest BCUT2D eigenvalue weighted by molar-refractivity contribution is -0.138. The van der Waals surface area contributed by atoms with Gasteiger partial charge in [0.1, 0.15) is 5.71 Å². The molecule has 0 aromatic rings. The Morgan fingerprint density at radius 2 is 2.16 bits per heavy atom. The molecule has 0 aliphatic carbocycles. The largest absolute Gasteiger partial charge is 0.481 e. The van der Waals surface area contributed by atoms with Gasteiger partial charge >= 0.3 is 5.97 Å². The summed E-state index contributed by atoms with van der Waals surface area (Å²) in [6.07, 6.45) is 0.542. The van der Waals surface area contributed by atoms with E-state index in [0.717, 1.165) is 5.01 Å². The van der Waals surface area contributed by atoms with Crippen LogP contribution in [0.5, 0.6) is 0 Å². The second-order valence-electron chi connectivity index (χ2n) is 3.98. The molecule has 0 radical (unpaired) electrons. The fourth-order valence-corrected chi connectivity index (χ4v) is 1.43. The Morgan fingerprint density at radius 3 is 2.79 bits per heavy atom. The van der Waals surface area contributed by atoms with Crippen LogP contribution in [0.1, 0.15) is 19.3 Å². The van der Waals surface area contributed by atoms with Crippen LogP contribution in [0.4, 0.5) is 0 Å². The van der Waals surface area contributed by atoms with Crippen molar-refractivity contribution in [3.05, 3.63) is 0 Å². The molecule has 19 heavy (non-hydrogen) atoms. The SMILES string of the molecule is CN1N=C(C(=O)NCCOCCC(=O)O)CCC1=O. The van der Waals surface area contributed by atoms with Crippen LogP contribution < -0.4 is 5.32 Å². The highest BCUT2D eigenvalue weighted by Gasteiger charge is 2.21. The van der Waals surface area contributed by atoms with E-state index in [9.17, 15) is 14.4 Å². The maximum atomic E-state index is 11.7. The van der Waals surface area contributed by atoms with Crippen molar-refractivity contribution in [2.24, 2.45) is 5.10 Å². The van der Waals surface area contributed by atoms with Gasteiger partial charge in [-0.1, -0.05) is 0 Å². The number of rotatable bonds is 7. The number of ether oxygens (including phenoxy) is 1. The Bertz CT molecular complexity index is 394. The average molecular weight is 271 g/mol. The molecule has 0 saturated heterocycles. The summed E-state index contributed by atoms with van der Waals surface area (Å²) in [7, 11) is 1.50. The Hall–Kier alpha value is -1.96. The van der Waals surface area contributed by atoms with Crippen molar-refractivity contribution in [2.45, 2.75) is 19.3 Å². The number of aliphatic carboxylic acids is 1. The van der Waals surface area contributed by atoms with E-state index in [1.165, 1.54) is 7.05 Å². The minimum atomic E-state index is -0.923. The number of hydrogen-bond acceptors (Lipinski definition) is 5. The van der Waals surface area contributed by atoms with Crippen molar-refractivity contribution in [1.82, 2.24) is 10.3 Å². The van der Waals surface area contributed by atoms with Gasteiger partial charge in [-0.3, -0.25) is 14.4 Å². The smallest absolute Gasteiger partial charge is 0.305 e. The third-order valence-corrected chi connectivity index (χ3v) is 2.46. The zero-order valence-electron chi connectivity index (χ0n) is 10.7. The molecule has 2 N–H and O–H groups in total. The molecular formula is C11H17N3O5.